The van der Waals surface area contributed by atoms with Gasteiger partial charge in [-0.2, -0.15) is 0 Å². The maximum absolute atomic E-state index is 12.6. The third kappa shape index (κ3) is 4.75. The van der Waals surface area contributed by atoms with Gasteiger partial charge in [-0.15, -0.1) is 0 Å². The van der Waals surface area contributed by atoms with Gasteiger partial charge in [0.05, 0.1) is 10.9 Å². The minimum atomic E-state index is -3.38. The van der Waals surface area contributed by atoms with Crippen molar-refractivity contribution in [3.8, 4) is 5.75 Å². The first-order chi connectivity index (χ1) is 11.7. The van der Waals surface area contributed by atoms with Crippen molar-refractivity contribution in [3.05, 3.63) is 23.8 Å². The number of benzene rings is 1. The van der Waals surface area contributed by atoms with Gasteiger partial charge in [-0.1, -0.05) is 19.9 Å². The highest BCUT2D eigenvalue weighted by atomic mass is 32.2. The molecule has 0 aliphatic carbocycles. The van der Waals surface area contributed by atoms with E-state index in [4.69, 9.17) is 4.74 Å². The Morgan fingerprint density at radius 3 is 2.52 bits per heavy atom. The average Bonchev–Trinajstić information content (AvgIpc) is 3.05. The molecular weight excluding hydrogens is 336 g/mol. The monoisotopic (exact) mass is 366 g/mol. The van der Waals surface area contributed by atoms with E-state index < -0.39 is 15.3 Å². The van der Waals surface area contributed by atoms with Gasteiger partial charge in [0.1, 0.15) is 12.4 Å². The van der Waals surface area contributed by atoms with E-state index in [0.717, 1.165) is 42.8 Å². The average molecular weight is 367 g/mol. The fourth-order valence-electron chi connectivity index (χ4n) is 2.93. The van der Waals surface area contributed by atoms with Crippen LogP contribution in [-0.2, 0) is 16.4 Å². The van der Waals surface area contributed by atoms with E-state index in [9.17, 15) is 8.42 Å². The highest BCUT2D eigenvalue weighted by Gasteiger charge is 2.26. The Bertz CT molecular complexity index is 724. The second-order valence-corrected chi connectivity index (χ2v) is 9.77. The van der Waals surface area contributed by atoms with Crippen molar-refractivity contribution in [2.45, 2.75) is 52.2 Å². The van der Waals surface area contributed by atoms with Crippen LogP contribution in [0.1, 0.15) is 46.1 Å². The van der Waals surface area contributed by atoms with Gasteiger partial charge in [-0.05, 0) is 51.2 Å². The van der Waals surface area contributed by atoms with Crippen molar-refractivity contribution >= 4 is 21.4 Å². The predicted octanol–water partition coefficient (Wildman–Crippen LogP) is 3.67. The molecule has 0 unspecified atom stereocenters. The molecule has 0 atom stereocenters. The van der Waals surface area contributed by atoms with Crippen LogP contribution in [0.25, 0.3) is 0 Å². The molecule has 1 aliphatic rings. The summed E-state index contributed by atoms with van der Waals surface area (Å²) in [5.74, 6) is 1.15. The molecule has 5 nitrogen and oxygen atoms in total. The number of rotatable bonds is 8. The van der Waals surface area contributed by atoms with Crippen LogP contribution in [0, 0.1) is 5.92 Å². The molecule has 25 heavy (non-hydrogen) atoms. The summed E-state index contributed by atoms with van der Waals surface area (Å²) < 4.78 is 32.7. The summed E-state index contributed by atoms with van der Waals surface area (Å²) in [5, 5.41) is -0.471. The molecule has 0 radical (unpaired) electrons. The van der Waals surface area contributed by atoms with E-state index in [0.29, 0.717) is 18.2 Å². The summed E-state index contributed by atoms with van der Waals surface area (Å²) in [7, 11) is -1.76. The Morgan fingerprint density at radius 1 is 1.24 bits per heavy atom. The minimum absolute atomic E-state index is 0.391. The van der Waals surface area contributed by atoms with Crippen LogP contribution in [0.4, 0.5) is 5.69 Å². The number of hydrogen-bond acceptors (Lipinski definition) is 4. The lowest BCUT2D eigenvalue weighted by Crippen LogP contribution is -2.33. The van der Waals surface area contributed by atoms with Crippen LogP contribution >= 0.6 is 0 Å². The topological polar surface area (TPSA) is 59.0 Å². The van der Waals surface area contributed by atoms with E-state index in [1.165, 1.54) is 4.31 Å². The number of nitrogens with zero attached hydrogens (tertiary/aromatic N) is 2. The first kappa shape index (κ1) is 19.8. The molecule has 140 valence electrons. The van der Waals surface area contributed by atoms with Crippen LogP contribution in [-0.4, -0.2) is 39.6 Å². The van der Waals surface area contributed by atoms with Gasteiger partial charge in [0.25, 0.3) is 0 Å². The van der Waals surface area contributed by atoms with Crippen molar-refractivity contribution in [2.24, 2.45) is 10.9 Å². The lowest BCUT2D eigenvalue weighted by Gasteiger charge is -2.26. The summed E-state index contributed by atoms with van der Waals surface area (Å²) in [6.07, 6.45) is 2.84. The predicted molar refractivity (Wildman–Crippen MR) is 104 cm³/mol. The minimum Gasteiger partial charge on any atom is -0.487 e. The standard InChI is InChI=1S/C19H30N2O3S/c1-14(2)12-17-18(21(5)25(22,23)15(3)4)9-6-10-19(17)24-13-16-8-7-11-20-16/h6,9-10,14-15H,7-8,11-13H2,1-5H3. The van der Waals surface area contributed by atoms with Crippen molar-refractivity contribution < 1.29 is 13.2 Å². The molecule has 1 aromatic rings. The Kier molecular flexibility index (Phi) is 6.49. The van der Waals surface area contributed by atoms with Crippen LogP contribution in [0.3, 0.4) is 0 Å². The first-order valence-electron chi connectivity index (χ1n) is 8.98. The molecule has 0 N–H and O–H groups in total. The fraction of sp³-hybridized carbons (Fsp3) is 0.632. The summed E-state index contributed by atoms with van der Waals surface area (Å²) in [4.78, 5) is 4.45. The van der Waals surface area contributed by atoms with Crippen molar-refractivity contribution in [1.82, 2.24) is 0 Å². The van der Waals surface area contributed by atoms with E-state index in [1.54, 1.807) is 20.9 Å². The second kappa shape index (κ2) is 8.21. The quantitative estimate of drug-likeness (QED) is 0.705. The number of aliphatic imine (C=N–C) groups is 1. The highest BCUT2D eigenvalue weighted by Crippen LogP contribution is 2.33. The summed E-state index contributed by atoms with van der Waals surface area (Å²) in [5.41, 5.74) is 2.74. The van der Waals surface area contributed by atoms with Gasteiger partial charge < -0.3 is 4.74 Å². The van der Waals surface area contributed by atoms with E-state index in [1.807, 2.05) is 18.2 Å². The zero-order valence-electron chi connectivity index (χ0n) is 15.9. The van der Waals surface area contributed by atoms with Crippen LogP contribution in [0.15, 0.2) is 23.2 Å². The Morgan fingerprint density at radius 2 is 1.96 bits per heavy atom. The van der Waals surface area contributed by atoms with Crippen molar-refractivity contribution in [3.63, 3.8) is 0 Å². The maximum atomic E-state index is 12.6. The zero-order chi connectivity index (χ0) is 18.6. The van der Waals surface area contributed by atoms with Crippen LogP contribution < -0.4 is 9.04 Å². The molecule has 0 saturated carbocycles. The molecule has 1 heterocycles. The maximum Gasteiger partial charge on any atom is 0.237 e. The molecule has 6 heteroatoms. The largest absolute Gasteiger partial charge is 0.487 e. The van der Waals surface area contributed by atoms with Gasteiger partial charge in [0, 0.05) is 24.9 Å². The van der Waals surface area contributed by atoms with E-state index in [2.05, 4.69) is 18.8 Å². The molecule has 0 aromatic heterocycles. The Labute approximate surface area is 152 Å². The van der Waals surface area contributed by atoms with Crippen LogP contribution in [0.5, 0.6) is 5.75 Å². The molecule has 1 aliphatic heterocycles. The summed E-state index contributed by atoms with van der Waals surface area (Å²) in [6.45, 7) is 9.01. The van der Waals surface area contributed by atoms with E-state index >= 15 is 0 Å². The zero-order valence-corrected chi connectivity index (χ0v) is 16.8. The lowest BCUT2D eigenvalue weighted by atomic mass is 10.00. The molecule has 2 rings (SSSR count). The third-order valence-electron chi connectivity index (χ3n) is 4.39. The fourth-order valence-corrected chi connectivity index (χ4v) is 4.01. The lowest BCUT2D eigenvalue weighted by molar-refractivity contribution is 0.369. The SMILES string of the molecule is CC(C)Cc1c(OCC2=NCCC2)cccc1N(C)S(=O)(=O)C(C)C. The molecule has 0 bridgehead atoms. The van der Waals surface area contributed by atoms with Gasteiger partial charge in [0.15, 0.2) is 0 Å². The smallest absolute Gasteiger partial charge is 0.237 e. The molecular formula is C19H30N2O3S. The Balaban J connectivity index is 2.36. The number of hydrogen-bond donors (Lipinski definition) is 0. The third-order valence-corrected chi connectivity index (χ3v) is 6.54. The number of anilines is 1. The highest BCUT2D eigenvalue weighted by molar-refractivity contribution is 7.93. The Hall–Kier alpha value is -1.56. The summed E-state index contributed by atoms with van der Waals surface area (Å²) in [6, 6.07) is 5.64. The number of ether oxygens (including phenoxy) is 1. The molecule has 0 amide bonds. The van der Waals surface area contributed by atoms with Gasteiger partial charge in [0.2, 0.25) is 10.0 Å². The van der Waals surface area contributed by atoms with Crippen molar-refractivity contribution in [1.29, 1.82) is 0 Å². The van der Waals surface area contributed by atoms with Crippen LogP contribution in [0.2, 0.25) is 0 Å². The number of sulfonamides is 1. The van der Waals surface area contributed by atoms with E-state index in [-0.39, 0.29) is 0 Å². The van der Waals surface area contributed by atoms with Gasteiger partial charge in [-0.25, -0.2) is 8.42 Å². The molecule has 0 saturated heterocycles. The van der Waals surface area contributed by atoms with Crippen molar-refractivity contribution in [2.75, 3.05) is 24.5 Å². The normalized spacial score (nSPS) is 14.9. The second-order valence-electron chi connectivity index (χ2n) is 7.25. The molecule has 0 fully saturated rings. The molecule has 0 spiro atoms. The molecule has 1 aromatic carbocycles. The van der Waals surface area contributed by atoms with Gasteiger partial charge in [-0.3, -0.25) is 9.30 Å². The first-order valence-corrected chi connectivity index (χ1v) is 10.5. The summed E-state index contributed by atoms with van der Waals surface area (Å²) >= 11 is 0. The van der Waals surface area contributed by atoms with Gasteiger partial charge >= 0.3 is 0 Å².